The predicted molar refractivity (Wildman–Crippen MR) is 76.7 cm³/mol. The molecule has 1 nitrogen and oxygen atoms in total. The highest BCUT2D eigenvalue weighted by atomic mass is 14.8. The molecule has 2 N–H and O–H groups in total. The van der Waals surface area contributed by atoms with Crippen molar-refractivity contribution in [1.82, 2.24) is 0 Å². The van der Waals surface area contributed by atoms with Crippen LogP contribution in [0.4, 0.5) is 0 Å². The number of rotatable bonds is 3. The summed E-state index contributed by atoms with van der Waals surface area (Å²) in [6.07, 6.45) is 9.05. The molecule has 2 saturated carbocycles. The van der Waals surface area contributed by atoms with Crippen LogP contribution in [0.15, 0.2) is 24.3 Å². The Labute approximate surface area is 111 Å². The maximum Gasteiger partial charge on any atom is 0.0196 e. The van der Waals surface area contributed by atoms with Gasteiger partial charge >= 0.3 is 0 Å². The Morgan fingerprint density at radius 1 is 1.11 bits per heavy atom. The van der Waals surface area contributed by atoms with Crippen LogP contribution in [0.2, 0.25) is 0 Å². The first kappa shape index (κ1) is 12.2. The van der Waals surface area contributed by atoms with Gasteiger partial charge < -0.3 is 5.73 Å². The van der Waals surface area contributed by atoms with Crippen molar-refractivity contribution in [2.24, 2.45) is 11.7 Å². The first-order chi connectivity index (χ1) is 8.66. The first-order valence-electron chi connectivity index (χ1n) is 7.53. The summed E-state index contributed by atoms with van der Waals surface area (Å²) in [6, 6.07) is 9.03. The first-order valence-corrected chi connectivity index (χ1v) is 7.53. The highest BCUT2D eigenvalue weighted by Gasteiger charge is 2.38. The van der Waals surface area contributed by atoms with E-state index < -0.39 is 0 Å². The van der Waals surface area contributed by atoms with Gasteiger partial charge in [0.15, 0.2) is 0 Å². The van der Waals surface area contributed by atoms with Gasteiger partial charge in [0, 0.05) is 5.54 Å². The van der Waals surface area contributed by atoms with Crippen molar-refractivity contribution in [1.29, 1.82) is 0 Å². The molecule has 2 fully saturated rings. The zero-order valence-electron chi connectivity index (χ0n) is 11.5. The lowest BCUT2D eigenvalue weighted by molar-refractivity contribution is 0.346. The number of hydrogen-bond donors (Lipinski definition) is 1. The van der Waals surface area contributed by atoms with Crippen LogP contribution >= 0.6 is 0 Å². The lowest BCUT2D eigenvalue weighted by Crippen LogP contribution is -2.25. The average molecular weight is 243 g/mol. The molecule has 0 radical (unpaired) electrons. The van der Waals surface area contributed by atoms with Crippen molar-refractivity contribution in [2.45, 2.75) is 63.3 Å². The fraction of sp³-hybridized carbons (Fsp3) is 0.647. The van der Waals surface area contributed by atoms with Crippen molar-refractivity contribution in [2.75, 3.05) is 0 Å². The normalized spacial score (nSPS) is 30.1. The number of hydrogen-bond acceptors (Lipinski definition) is 1. The molecule has 18 heavy (non-hydrogen) atoms. The number of benzene rings is 1. The zero-order chi connectivity index (χ0) is 12.6. The van der Waals surface area contributed by atoms with Gasteiger partial charge in [-0.1, -0.05) is 44.0 Å². The van der Waals surface area contributed by atoms with E-state index in [4.69, 9.17) is 5.73 Å². The summed E-state index contributed by atoms with van der Waals surface area (Å²) in [6.45, 7) is 2.39. The van der Waals surface area contributed by atoms with Gasteiger partial charge in [-0.25, -0.2) is 0 Å². The summed E-state index contributed by atoms with van der Waals surface area (Å²) in [5, 5.41) is 0. The minimum atomic E-state index is 0.137. The molecule has 0 aromatic heterocycles. The van der Waals surface area contributed by atoms with Crippen LogP contribution < -0.4 is 5.73 Å². The number of nitrogens with two attached hydrogens (primary N) is 1. The molecule has 2 aliphatic rings. The Hall–Kier alpha value is -0.820. The SMILES string of the molecule is CC1CCC(c2ccccc2CC2(N)CC2)CC1. The van der Waals surface area contributed by atoms with Crippen LogP contribution in [0, 0.1) is 5.92 Å². The molecule has 2 aliphatic carbocycles. The van der Waals surface area contributed by atoms with Crippen LogP contribution in [0.3, 0.4) is 0 Å². The topological polar surface area (TPSA) is 26.0 Å². The van der Waals surface area contributed by atoms with E-state index in [0.717, 1.165) is 18.3 Å². The third kappa shape index (κ3) is 2.61. The fourth-order valence-electron chi connectivity index (χ4n) is 3.38. The second kappa shape index (κ2) is 4.70. The lowest BCUT2D eigenvalue weighted by Gasteiger charge is -2.28. The lowest BCUT2D eigenvalue weighted by atomic mass is 9.77. The highest BCUT2D eigenvalue weighted by molar-refractivity contribution is 5.33. The summed E-state index contributed by atoms with van der Waals surface area (Å²) < 4.78 is 0. The monoisotopic (exact) mass is 243 g/mol. The Balaban J connectivity index is 1.78. The minimum Gasteiger partial charge on any atom is -0.325 e. The third-order valence-corrected chi connectivity index (χ3v) is 4.95. The maximum absolute atomic E-state index is 6.30. The molecule has 1 aromatic rings. The van der Waals surface area contributed by atoms with E-state index in [9.17, 15) is 0 Å². The summed E-state index contributed by atoms with van der Waals surface area (Å²) in [4.78, 5) is 0. The van der Waals surface area contributed by atoms with Crippen molar-refractivity contribution >= 4 is 0 Å². The molecule has 0 atom stereocenters. The van der Waals surface area contributed by atoms with Crippen molar-refractivity contribution < 1.29 is 0 Å². The van der Waals surface area contributed by atoms with Crippen LogP contribution in [-0.2, 0) is 6.42 Å². The molecule has 0 amide bonds. The Kier molecular flexibility index (Phi) is 3.19. The van der Waals surface area contributed by atoms with Gasteiger partial charge in [-0.3, -0.25) is 0 Å². The van der Waals surface area contributed by atoms with E-state index in [2.05, 4.69) is 31.2 Å². The largest absolute Gasteiger partial charge is 0.325 e. The van der Waals surface area contributed by atoms with E-state index in [0.29, 0.717) is 0 Å². The fourth-order valence-corrected chi connectivity index (χ4v) is 3.38. The molecule has 3 rings (SSSR count). The van der Waals surface area contributed by atoms with Gasteiger partial charge in [0.05, 0.1) is 0 Å². The van der Waals surface area contributed by atoms with E-state index in [1.165, 1.54) is 44.1 Å². The van der Waals surface area contributed by atoms with E-state index in [1.807, 2.05) is 0 Å². The van der Waals surface area contributed by atoms with Crippen molar-refractivity contribution in [3.8, 4) is 0 Å². The summed E-state index contributed by atoms with van der Waals surface area (Å²) >= 11 is 0. The molecule has 0 saturated heterocycles. The van der Waals surface area contributed by atoms with Gasteiger partial charge in [0.2, 0.25) is 0 Å². The Morgan fingerprint density at radius 2 is 1.78 bits per heavy atom. The summed E-state index contributed by atoms with van der Waals surface area (Å²) in [5.41, 5.74) is 9.56. The minimum absolute atomic E-state index is 0.137. The predicted octanol–water partition coefficient (Wildman–Crippen LogP) is 4.01. The Bertz CT molecular complexity index is 411. The maximum atomic E-state index is 6.30. The summed E-state index contributed by atoms with van der Waals surface area (Å²) in [7, 11) is 0. The van der Waals surface area contributed by atoms with Gasteiger partial charge in [0.25, 0.3) is 0 Å². The molecule has 1 aromatic carbocycles. The molecule has 0 spiro atoms. The smallest absolute Gasteiger partial charge is 0.0196 e. The second-order valence-electron chi connectivity index (χ2n) is 6.69. The second-order valence-corrected chi connectivity index (χ2v) is 6.69. The zero-order valence-corrected chi connectivity index (χ0v) is 11.5. The molecule has 98 valence electrons. The van der Waals surface area contributed by atoms with Crippen LogP contribution in [-0.4, -0.2) is 5.54 Å². The van der Waals surface area contributed by atoms with Crippen LogP contribution in [0.25, 0.3) is 0 Å². The standard InChI is InChI=1S/C17H25N/c1-13-6-8-14(9-7-13)16-5-3-2-4-15(16)12-17(18)10-11-17/h2-5,13-14H,6-12,18H2,1H3. The van der Waals surface area contributed by atoms with Gasteiger partial charge in [-0.05, 0) is 55.1 Å². The molecular formula is C17H25N. The van der Waals surface area contributed by atoms with Crippen LogP contribution in [0.5, 0.6) is 0 Å². The third-order valence-electron chi connectivity index (χ3n) is 4.95. The molecule has 0 heterocycles. The van der Waals surface area contributed by atoms with Crippen molar-refractivity contribution in [3.63, 3.8) is 0 Å². The molecule has 1 heteroatoms. The van der Waals surface area contributed by atoms with Crippen LogP contribution in [0.1, 0.15) is 62.5 Å². The molecule has 0 bridgehead atoms. The van der Waals surface area contributed by atoms with E-state index >= 15 is 0 Å². The molecular weight excluding hydrogens is 218 g/mol. The highest BCUT2D eigenvalue weighted by Crippen LogP contribution is 2.40. The van der Waals surface area contributed by atoms with Gasteiger partial charge in [-0.15, -0.1) is 0 Å². The quantitative estimate of drug-likeness (QED) is 0.852. The molecule has 0 unspecified atom stereocenters. The van der Waals surface area contributed by atoms with Gasteiger partial charge in [-0.2, -0.15) is 0 Å². The van der Waals surface area contributed by atoms with Crippen molar-refractivity contribution in [3.05, 3.63) is 35.4 Å². The van der Waals surface area contributed by atoms with E-state index in [-0.39, 0.29) is 5.54 Å². The average Bonchev–Trinajstić information content (AvgIpc) is 3.09. The van der Waals surface area contributed by atoms with Gasteiger partial charge in [0.1, 0.15) is 0 Å². The van der Waals surface area contributed by atoms with E-state index in [1.54, 1.807) is 5.56 Å². The Morgan fingerprint density at radius 3 is 2.44 bits per heavy atom. The molecule has 0 aliphatic heterocycles. The summed E-state index contributed by atoms with van der Waals surface area (Å²) in [5.74, 6) is 1.72.